The van der Waals surface area contributed by atoms with Crippen LogP contribution in [0.25, 0.3) is 11.2 Å². The summed E-state index contributed by atoms with van der Waals surface area (Å²) in [4.78, 5) is 25.2. The minimum Gasteiger partial charge on any atom is -0.394 e. The third-order valence-electron chi connectivity index (χ3n) is 3.47. The highest BCUT2D eigenvalue weighted by atomic mass is 16.4. The Morgan fingerprint density at radius 2 is 1.46 bits per heavy atom. The van der Waals surface area contributed by atoms with Gasteiger partial charge in [-0.3, -0.25) is 9.78 Å². The van der Waals surface area contributed by atoms with E-state index >= 15 is 0 Å². The highest BCUT2D eigenvalue weighted by Gasteiger charge is 2.23. The van der Waals surface area contributed by atoms with Gasteiger partial charge < -0.3 is 46.6 Å². The molecule has 2 aromatic heterocycles. The Hall–Kier alpha value is -2.30. The number of rotatable bonds is 7. The predicted molar refractivity (Wildman–Crippen MR) is 92.6 cm³/mol. The molecular formula is C14H23N5O9. The Kier molecular flexibility index (Phi) is 9.23. The minimum atomic E-state index is -1.49. The number of hydrogen-bond donors (Lipinski definition) is 10. The van der Waals surface area contributed by atoms with Gasteiger partial charge in [-0.25, -0.2) is 9.97 Å². The van der Waals surface area contributed by atoms with E-state index in [1.807, 2.05) is 0 Å². The second-order valence-electron chi connectivity index (χ2n) is 5.60. The summed E-state index contributed by atoms with van der Waals surface area (Å²) in [5.74, 6) is -0.0921. The van der Waals surface area contributed by atoms with Gasteiger partial charge in [0.15, 0.2) is 11.2 Å². The zero-order valence-corrected chi connectivity index (χ0v) is 14.5. The standard InChI is InChI=1S/C9H11N5O4.C5H12O5/c10-9-13-7-5(8(18)14-9)12-3(1-11-7)6(17)4(16)2-15;6-1-3(8)5(10)4(9)2-7/h1,4,6,15-17H,2H2,(H3,10,11,13,14,18);3-10H,1-2H2/t4-,6+;3-,4+,5?/m1./s1. The topological polar surface area (TPSA) is 259 Å². The SMILES string of the molecule is Nc1nc2ncc([C@H](O)[C@H](O)CO)nc2c(=O)[nH]1.OC[C@@H](O)C(O)[C@@H](O)CO. The summed E-state index contributed by atoms with van der Waals surface area (Å²) in [5, 5.41) is 70.2. The van der Waals surface area contributed by atoms with E-state index in [1.165, 1.54) is 0 Å². The number of nitrogen functional groups attached to an aromatic ring is 1. The highest BCUT2D eigenvalue weighted by Crippen LogP contribution is 2.14. The van der Waals surface area contributed by atoms with Crippen molar-refractivity contribution in [1.29, 1.82) is 0 Å². The molecule has 0 fully saturated rings. The van der Waals surface area contributed by atoms with Crippen molar-refractivity contribution < 1.29 is 40.9 Å². The van der Waals surface area contributed by atoms with Crippen LogP contribution in [0.15, 0.2) is 11.0 Å². The number of H-pyrrole nitrogens is 1. The molecule has 5 atom stereocenters. The van der Waals surface area contributed by atoms with Gasteiger partial charge >= 0.3 is 0 Å². The van der Waals surface area contributed by atoms with Crippen LogP contribution in [0.4, 0.5) is 5.95 Å². The molecule has 0 saturated carbocycles. The summed E-state index contributed by atoms with van der Waals surface area (Å²) in [6.07, 6.45) is -5.99. The number of aliphatic hydroxyl groups excluding tert-OH is 8. The lowest BCUT2D eigenvalue weighted by Crippen LogP contribution is -2.41. The van der Waals surface area contributed by atoms with Crippen LogP contribution in [0, 0.1) is 0 Å². The van der Waals surface area contributed by atoms with E-state index in [0.717, 1.165) is 6.20 Å². The first-order chi connectivity index (χ1) is 13.2. The molecule has 0 aliphatic rings. The highest BCUT2D eigenvalue weighted by molar-refractivity contribution is 5.69. The largest absolute Gasteiger partial charge is 0.394 e. The van der Waals surface area contributed by atoms with Crippen molar-refractivity contribution in [1.82, 2.24) is 19.9 Å². The number of hydrogen-bond acceptors (Lipinski definition) is 13. The van der Waals surface area contributed by atoms with E-state index in [2.05, 4.69) is 19.9 Å². The van der Waals surface area contributed by atoms with Gasteiger partial charge in [0, 0.05) is 0 Å². The molecule has 14 heteroatoms. The molecule has 158 valence electrons. The van der Waals surface area contributed by atoms with Crippen molar-refractivity contribution >= 4 is 17.1 Å². The Bertz CT molecular complexity index is 794. The summed E-state index contributed by atoms with van der Waals surface area (Å²) >= 11 is 0. The molecule has 0 radical (unpaired) electrons. The van der Waals surface area contributed by atoms with E-state index in [1.54, 1.807) is 0 Å². The van der Waals surface area contributed by atoms with Gasteiger partial charge in [-0.1, -0.05) is 0 Å². The first kappa shape index (κ1) is 23.7. The van der Waals surface area contributed by atoms with Crippen LogP contribution >= 0.6 is 0 Å². The van der Waals surface area contributed by atoms with Crippen LogP contribution in [-0.4, -0.2) is 105 Å². The fraction of sp³-hybridized carbons (Fsp3) is 0.571. The van der Waals surface area contributed by atoms with Crippen molar-refractivity contribution in [2.75, 3.05) is 25.6 Å². The third kappa shape index (κ3) is 6.11. The molecule has 0 amide bonds. The molecule has 28 heavy (non-hydrogen) atoms. The predicted octanol–water partition coefficient (Wildman–Crippen LogP) is -5.26. The van der Waals surface area contributed by atoms with E-state index in [9.17, 15) is 15.0 Å². The van der Waals surface area contributed by atoms with Crippen LogP contribution < -0.4 is 11.3 Å². The van der Waals surface area contributed by atoms with Crippen LogP contribution in [0.1, 0.15) is 11.8 Å². The van der Waals surface area contributed by atoms with E-state index in [0.29, 0.717) is 0 Å². The second-order valence-corrected chi connectivity index (χ2v) is 5.60. The van der Waals surface area contributed by atoms with Crippen LogP contribution in [0.2, 0.25) is 0 Å². The summed E-state index contributed by atoms with van der Waals surface area (Å²) in [5.41, 5.74) is 4.62. The monoisotopic (exact) mass is 405 g/mol. The number of fused-ring (bicyclic) bond motifs is 1. The van der Waals surface area contributed by atoms with Gasteiger partial charge in [0.05, 0.1) is 31.7 Å². The number of aromatic amines is 1. The molecule has 14 nitrogen and oxygen atoms in total. The lowest BCUT2D eigenvalue weighted by atomic mass is 10.1. The van der Waals surface area contributed by atoms with Crippen molar-refractivity contribution in [3.63, 3.8) is 0 Å². The zero-order chi connectivity index (χ0) is 21.4. The van der Waals surface area contributed by atoms with Crippen LogP contribution in [-0.2, 0) is 0 Å². The maximum atomic E-state index is 11.5. The molecule has 2 aromatic rings. The summed E-state index contributed by atoms with van der Waals surface area (Å²) < 4.78 is 0. The minimum absolute atomic E-state index is 0.0330. The number of aliphatic hydroxyl groups is 8. The molecule has 1 unspecified atom stereocenters. The molecule has 2 heterocycles. The van der Waals surface area contributed by atoms with E-state index in [4.69, 9.17) is 36.4 Å². The van der Waals surface area contributed by atoms with Gasteiger partial charge in [0.25, 0.3) is 5.56 Å². The van der Waals surface area contributed by atoms with Crippen LogP contribution in [0.5, 0.6) is 0 Å². The van der Waals surface area contributed by atoms with E-state index in [-0.39, 0.29) is 22.8 Å². The smallest absolute Gasteiger partial charge is 0.280 e. The fourth-order valence-electron chi connectivity index (χ4n) is 1.86. The van der Waals surface area contributed by atoms with Gasteiger partial charge in [-0.05, 0) is 0 Å². The quantitative estimate of drug-likeness (QED) is 0.207. The average molecular weight is 405 g/mol. The molecule has 2 rings (SSSR count). The molecular weight excluding hydrogens is 382 g/mol. The first-order valence-corrected chi connectivity index (χ1v) is 7.91. The summed E-state index contributed by atoms with van der Waals surface area (Å²) in [7, 11) is 0. The second kappa shape index (κ2) is 10.9. The Morgan fingerprint density at radius 3 is 1.96 bits per heavy atom. The lowest BCUT2D eigenvalue weighted by molar-refractivity contribution is -0.0900. The number of aromatic nitrogens is 4. The molecule has 0 aliphatic heterocycles. The van der Waals surface area contributed by atoms with Crippen molar-refractivity contribution in [2.45, 2.75) is 30.5 Å². The molecule has 0 aliphatic carbocycles. The van der Waals surface area contributed by atoms with Crippen molar-refractivity contribution in [2.24, 2.45) is 0 Å². The number of nitrogens with zero attached hydrogens (tertiary/aromatic N) is 3. The maximum Gasteiger partial charge on any atom is 0.280 e. The molecule has 0 bridgehead atoms. The summed E-state index contributed by atoms with van der Waals surface area (Å²) in [6.45, 7) is -1.92. The van der Waals surface area contributed by atoms with Gasteiger partial charge in [0.1, 0.15) is 30.5 Å². The zero-order valence-electron chi connectivity index (χ0n) is 14.5. The number of nitrogens with one attached hydrogen (secondary N) is 1. The molecule has 0 saturated heterocycles. The average Bonchev–Trinajstić information content (AvgIpc) is 2.70. The fourth-order valence-corrected chi connectivity index (χ4v) is 1.86. The molecule has 11 N–H and O–H groups in total. The Morgan fingerprint density at radius 1 is 0.929 bits per heavy atom. The first-order valence-electron chi connectivity index (χ1n) is 7.91. The van der Waals surface area contributed by atoms with Gasteiger partial charge in [-0.2, -0.15) is 4.98 Å². The normalized spacial score (nSPS) is 16.6. The Balaban J connectivity index is 0.000000336. The third-order valence-corrected chi connectivity index (χ3v) is 3.47. The number of anilines is 1. The molecule has 0 aromatic carbocycles. The van der Waals surface area contributed by atoms with Crippen molar-refractivity contribution in [3.8, 4) is 0 Å². The van der Waals surface area contributed by atoms with Crippen molar-refractivity contribution in [3.05, 3.63) is 22.2 Å². The van der Waals surface area contributed by atoms with Gasteiger partial charge in [0.2, 0.25) is 5.95 Å². The summed E-state index contributed by atoms with van der Waals surface area (Å²) in [6, 6.07) is 0. The van der Waals surface area contributed by atoms with Gasteiger partial charge in [-0.15, -0.1) is 0 Å². The Labute approximate surface area is 157 Å². The van der Waals surface area contributed by atoms with E-state index < -0.39 is 55.9 Å². The van der Waals surface area contributed by atoms with Crippen LogP contribution in [0.3, 0.4) is 0 Å². The maximum absolute atomic E-state index is 11.5. The lowest BCUT2D eigenvalue weighted by Gasteiger charge is -2.19. The molecule has 0 spiro atoms. The number of nitrogens with two attached hydrogens (primary N) is 1.